The summed E-state index contributed by atoms with van der Waals surface area (Å²) in [4.78, 5) is 0. The van der Waals surface area contributed by atoms with Gasteiger partial charge >= 0.3 is 0 Å². The Hall–Kier alpha value is -0.0400. The standard InChI is InChI=1S/C11H21N/c1-8(2)6-9-7-10(12)11(9)4-3-5-11/h8-10H,3-7,12H2,1-2H3. The number of rotatable bonds is 2. The Morgan fingerprint density at radius 3 is 2.42 bits per heavy atom. The van der Waals surface area contributed by atoms with E-state index >= 15 is 0 Å². The molecule has 1 heteroatoms. The van der Waals surface area contributed by atoms with Crippen LogP contribution < -0.4 is 5.73 Å². The van der Waals surface area contributed by atoms with Gasteiger partial charge < -0.3 is 5.73 Å². The third kappa shape index (κ3) is 1.02. The molecule has 0 heterocycles. The van der Waals surface area contributed by atoms with Crippen molar-refractivity contribution in [2.24, 2.45) is 23.0 Å². The molecule has 0 amide bonds. The first-order valence-electron chi connectivity index (χ1n) is 5.41. The van der Waals surface area contributed by atoms with Crippen molar-refractivity contribution in [3.05, 3.63) is 0 Å². The number of hydrogen-bond donors (Lipinski definition) is 1. The van der Waals surface area contributed by atoms with Gasteiger partial charge in [-0.05, 0) is 42.9 Å². The van der Waals surface area contributed by atoms with Gasteiger partial charge in [0.2, 0.25) is 0 Å². The second-order valence-electron chi connectivity index (χ2n) is 5.26. The maximum atomic E-state index is 6.08. The lowest BCUT2D eigenvalue weighted by Gasteiger charge is -2.61. The average molecular weight is 167 g/mol. The van der Waals surface area contributed by atoms with Gasteiger partial charge in [0.1, 0.15) is 0 Å². The van der Waals surface area contributed by atoms with Crippen molar-refractivity contribution < 1.29 is 0 Å². The smallest absolute Gasteiger partial charge is 0.0101 e. The van der Waals surface area contributed by atoms with Crippen LogP contribution in [-0.2, 0) is 0 Å². The highest BCUT2D eigenvalue weighted by Gasteiger charge is 2.55. The molecule has 2 aliphatic carbocycles. The fraction of sp³-hybridized carbons (Fsp3) is 1.00. The summed E-state index contributed by atoms with van der Waals surface area (Å²) in [6, 6.07) is 0.551. The molecule has 0 radical (unpaired) electrons. The van der Waals surface area contributed by atoms with Crippen molar-refractivity contribution in [1.82, 2.24) is 0 Å². The summed E-state index contributed by atoms with van der Waals surface area (Å²) in [6.45, 7) is 4.66. The molecule has 2 N–H and O–H groups in total. The van der Waals surface area contributed by atoms with E-state index in [1.807, 2.05) is 0 Å². The molecule has 2 saturated carbocycles. The summed E-state index contributed by atoms with van der Waals surface area (Å²) in [5.41, 5.74) is 6.71. The molecule has 0 aromatic rings. The van der Waals surface area contributed by atoms with E-state index in [0.717, 1.165) is 11.8 Å². The summed E-state index contributed by atoms with van der Waals surface area (Å²) in [5, 5.41) is 0. The Balaban J connectivity index is 1.93. The molecule has 2 atom stereocenters. The molecule has 1 spiro atoms. The average Bonchev–Trinajstić information content (AvgIpc) is 1.81. The van der Waals surface area contributed by atoms with Crippen LogP contribution in [0.4, 0.5) is 0 Å². The molecular weight excluding hydrogens is 146 g/mol. The summed E-state index contributed by atoms with van der Waals surface area (Å²) in [6.07, 6.45) is 6.99. The molecule has 0 aromatic heterocycles. The van der Waals surface area contributed by atoms with E-state index < -0.39 is 0 Å². The summed E-state index contributed by atoms with van der Waals surface area (Å²) >= 11 is 0. The maximum Gasteiger partial charge on any atom is 0.0101 e. The predicted molar refractivity (Wildman–Crippen MR) is 51.8 cm³/mol. The molecule has 0 aliphatic heterocycles. The Kier molecular flexibility index (Phi) is 1.95. The highest BCUT2D eigenvalue weighted by Crippen LogP contribution is 2.60. The molecule has 2 rings (SSSR count). The third-order valence-corrected chi connectivity index (χ3v) is 4.13. The van der Waals surface area contributed by atoms with E-state index in [0.29, 0.717) is 11.5 Å². The minimum absolute atomic E-state index is 0.551. The fourth-order valence-electron chi connectivity index (χ4n) is 3.18. The summed E-state index contributed by atoms with van der Waals surface area (Å²) < 4.78 is 0. The first kappa shape index (κ1) is 8.55. The predicted octanol–water partition coefficient (Wildman–Crippen LogP) is 2.55. The van der Waals surface area contributed by atoms with Crippen LogP contribution in [0.5, 0.6) is 0 Å². The van der Waals surface area contributed by atoms with E-state index in [4.69, 9.17) is 5.73 Å². The van der Waals surface area contributed by atoms with Crippen LogP contribution >= 0.6 is 0 Å². The second-order valence-corrected chi connectivity index (χ2v) is 5.26. The summed E-state index contributed by atoms with van der Waals surface area (Å²) in [7, 11) is 0. The van der Waals surface area contributed by atoms with Gasteiger partial charge in [-0.3, -0.25) is 0 Å². The molecule has 1 nitrogen and oxygen atoms in total. The van der Waals surface area contributed by atoms with E-state index in [2.05, 4.69) is 13.8 Å². The van der Waals surface area contributed by atoms with Crippen molar-refractivity contribution in [1.29, 1.82) is 0 Å². The SMILES string of the molecule is CC(C)CC1CC(N)C12CCC2. The highest BCUT2D eigenvalue weighted by molar-refractivity contribution is 5.09. The van der Waals surface area contributed by atoms with E-state index in [9.17, 15) is 0 Å². The Morgan fingerprint density at radius 1 is 1.42 bits per heavy atom. The van der Waals surface area contributed by atoms with Crippen molar-refractivity contribution >= 4 is 0 Å². The van der Waals surface area contributed by atoms with Gasteiger partial charge in [0.25, 0.3) is 0 Å². The lowest BCUT2D eigenvalue weighted by molar-refractivity contribution is -0.0818. The van der Waals surface area contributed by atoms with E-state index in [1.165, 1.54) is 32.1 Å². The van der Waals surface area contributed by atoms with Crippen molar-refractivity contribution in [3.63, 3.8) is 0 Å². The molecule has 0 saturated heterocycles. The van der Waals surface area contributed by atoms with Crippen molar-refractivity contribution in [3.8, 4) is 0 Å². The molecule has 0 bridgehead atoms. The molecule has 0 aromatic carbocycles. The van der Waals surface area contributed by atoms with Crippen LogP contribution in [0.3, 0.4) is 0 Å². The van der Waals surface area contributed by atoms with Gasteiger partial charge in [-0.15, -0.1) is 0 Å². The van der Waals surface area contributed by atoms with Gasteiger partial charge in [0.15, 0.2) is 0 Å². The normalized spacial score (nSPS) is 38.0. The van der Waals surface area contributed by atoms with Crippen LogP contribution in [-0.4, -0.2) is 6.04 Å². The minimum atomic E-state index is 0.551. The van der Waals surface area contributed by atoms with Crippen molar-refractivity contribution in [2.75, 3.05) is 0 Å². The monoisotopic (exact) mass is 167 g/mol. The van der Waals surface area contributed by atoms with Gasteiger partial charge in [-0.2, -0.15) is 0 Å². The Bertz CT molecular complexity index is 170. The van der Waals surface area contributed by atoms with Crippen LogP contribution in [0, 0.1) is 17.3 Å². The largest absolute Gasteiger partial charge is 0.327 e. The Morgan fingerprint density at radius 2 is 2.08 bits per heavy atom. The molecule has 2 unspecified atom stereocenters. The van der Waals surface area contributed by atoms with Crippen LogP contribution in [0.25, 0.3) is 0 Å². The molecule has 70 valence electrons. The van der Waals surface area contributed by atoms with Gasteiger partial charge in [0.05, 0.1) is 0 Å². The lowest BCUT2D eigenvalue weighted by Crippen LogP contribution is -2.61. The highest BCUT2D eigenvalue weighted by atomic mass is 14.8. The fourth-order valence-corrected chi connectivity index (χ4v) is 3.18. The topological polar surface area (TPSA) is 26.0 Å². The molecular formula is C11H21N. The zero-order valence-electron chi connectivity index (χ0n) is 8.34. The quantitative estimate of drug-likeness (QED) is 0.672. The zero-order valence-corrected chi connectivity index (χ0v) is 8.34. The van der Waals surface area contributed by atoms with Crippen molar-refractivity contribution in [2.45, 2.75) is 52.0 Å². The summed E-state index contributed by atoms with van der Waals surface area (Å²) in [5.74, 6) is 1.83. The zero-order chi connectivity index (χ0) is 8.77. The first-order valence-corrected chi connectivity index (χ1v) is 5.41. The van der Waals surface area contributed by atoms with Gasteiger partial charge in [-0.1, -0.05) is 20.3 Å². The van der Waals surface area contributed by atoms with E-state index in [-0.39, 0.29) is 0 Å². The molecule has 12 heavy (non-hydrogen) atoms. The van der Waals surface area contributed by atoms with Crippen LogP contribution in [0.15, 0.2) is 0 Å². The molecule has 2 aliphatic rings. The number of nitrogens with two attached hydrogens (primary N) is 1. The van der Waals surface area contributed by atoms with Crippen LogP contribution in [0.1, 0.15) is 46.0 Å². The maximum absolute atomic E-state index is 6.08. The Labute approximate surface area is 75.7 Å². The lowest BCUT2D eigenvalue weighted by atomic mass is 9.46. The van der Waals surface area contributed by atoms with Crippen LogP contribution in [0.2, 0.25) is 0 Å². The van der Waals surface area contributed by atoms with Gasteiger partial charge in [-0.25, -0.2) is 0 Å². The third-order valence-electron chi connectivity index (χ3n) is 4.13. The number of hydrogen-bond acceptors (Lipinski definition) is 1. The first-order chi connectivity index (χ1) is 5.65. The molecule has 2 fully saturated rings. The minimum Gasteiger partial charge on any atom is -0.327 e. The van der Waals surface area contributed by atoms with E-state index in [1.54, 1.807) is 0 Å². The second kappa shape index (κ2) is 2.73. The van der Waals surface area contributed by atoms with Gasteiger partial charge in [0, 0.05) is 6.04 Å².